The van der Waals surface area contributed by atoms with Gasteiger partial charge >= 0.3 is 11.9 Å². The summed E-state index contributed by atoms with van der Waals surface area (Å²) in [6, 6.07) is 12.5. The van der Waals surface area contributed by atoms with Crippen LogP contribution in [0.4, 0.5) is 0 Å². The molecule has 1 N–H and O–H groups in total. The van der Waals surface area contributed by atoms with Gasteiger partial charge in [0, 0.05) is 6.07 Å². The molecule has 0 saturated carbocycles. The molecule has 3 rings (SSSR count). The molecule has 8 nitrogen and oxygen atoms in total. The van der Waals surface area contributed by atoms with Crippen molar-refractivity contribution in [2.24, 2.45) is 11.3 Å². The maximum Gasteiger partial charge on any atom is 0.332 e. The lowest BCUT2D eigenvalue weighted by atomic mass is 9.97. The summed E-state index contributed by atoms with van der Waals surface area (Å²) < 4.78 is 16.7. The molecule has 1 heterocycles. The molecule has 0 aliphatic rings. The van der Waals surface area contributed by atoms with Crippen LogP contribution in [0, 0.1) is 11.3 Å². The fourth-order valence-electron chi connectivity index (χ4n) is 2.92. The van der Waals surface area contributed by atoms with Crippen LogP contribution >= 0.6 is 0 Å². The van der Waals surface area contributed by atoms with Crippen molar-refractivity contribution in [3.05, 3.63) is 65.0 Å². The minimum Gasteiger partial charge on any atom is -0.460 e. The molecule has 0 aliphatic heterocycles. The normalized spacial score (nSPS) is 13.2. The summed E-state index contributed by atoms with van der Waals surface area (Å²) in [6.45, 7) is 8.90. The lowest BCUT2D eigenvalue weighted by Gasteiger charge is -2.24. The zero-order chi connectivity index (χ0) is 24.9. The smallest absolute Gasteiger partial charge is 0.332 e. The molecule has 8 heteroatoms. The summed E-state index contributed by atoms with van der Waals surface area (Å²) in [6.07, 6.45) is 1.87. The van der Waals surface area contributed by atoms with E-state index in [9.17, 15) is 14.4 Å². The van der Waals surface area contributed by atoms with Crippen molar-refractivity contribution in [1.29, 1.82) is 0 Å². The number of carbonyl (C=O) groups is 2. The van der Waals surface area contributed by atoms with Crippen molar-refractivity contribution in [3.8, 4) is 17.2 Å². The van der Waals surface area contributed by atoms with Gasteiger partial charge in [-0.25, -0.2) is 9.59 Å². The zero-order valence-corrected chi connectivity index (χ0v) is 19.9. The second kappa shape index (κ2) is 10.5. The van der Waals surface area contributed by atoms with Crippen LogP contribution in [0.3, 0.4) is 0 Å². The molecule has 180 valence electrons. The van der Waals surface area contributed by atoms with Crippen LogP contribution in [0.1, 0.15) is 41.0 Å². The first-order valence-corrected chi connectivity index (χ1v) is 11.1. The van der Waals surface area contributed by atoms with Crippen LogP contribution in [-0.4, -0.2) is 18.0 Å². The number of nitrogens with one attached hydrogen (secondary N) is 1. The van der Waals surface area contributed by atoms with Crippen LogP contribution in [-0.2, 0) is 14.4 Å². The number of hydrogen-bond donors (Lipinski definition) is 1. The Balaban J connectivity index is 1.77. The molecular formula is C26H29NO7. The monoisotopic (exact) mass is 467 g/mol. The quantitative estimate of drug-likeness (QED) is 0.280. The Hall–Kier alpha value is -3.65. The second-order valence-corrected chi connectivity index (χ2v) is 9.04. The van der Waals surface area contributed by atoms with Gasteiger partial charge < -0.3 is 18.7 Å². The maximum atomic E-state index is 12.8. The van der Waals surface area contributed by atoms with Gasteiger partial charge in [0.25, 0.3) is 0 Å². The van der Waals surface area contributed by atoms with Crippen molar-refractivity contribution < 1.29 is 28.3 Å². The van der Waals surface area contributed by atoms with E-state index in [1.807, 2.05) is 19.9 Å². The number of hydroxylamine groups is 1. The van der Waals surface area contributed by atoms with E-state index in [2.05, 4.69) is 5.48 Å². The number of carbonyl (C=O) groups excluding carboxylic acids is 2. The van der Waals surface area contributed by atoms with Gasteiger partial charge in [-0.15, -0.1) is 5.48 Å². The van der Waals surface area contributed by atoms with Crippen LogP contribution in [0.15, 0.2) is 64.0 Å². The van der Waals surface area contributed by atoms with Crippen molar-refractivity contribution >= 4 is 22.9 Å². The number of para-hydroxylation sites is 1. The van der Waals surface area contributed by atoms with E-state index in [1.54, 1.807) is 45.0 Å². The molecule has 0 amide bonds. The number of benzene rings is 2. The van der Waals surface area contributed by atoms with Gasteiger partial charge in [-0.05, 0) is 51.0 Å². The van der Waals surface area contributed by atoms with E-state index in [4.69, 9.17) is 18.7 Å². The molecular weight excluding hydrogens is 438 g/mol. The van der Waals surface area contributed by atoms with Crippen molar-refractivity contribution in [1.82, 2.24) is 5.48 Å². The predicted octanol–water partition coefficient (Wildman–Crippen LogP) is 5.00. The summed E-state index contributed by atoms with van der Waals surface area (Å²) in [5, 5.41) is 0.281. The maximum absolute atomic E-state index is 12.8. The molecule has 3 aromatic rings. The average molecular weight is 468 g/mol. The van der Waals surface area contributed by atoms with Gasteiger partial charge in [0.15, 0.2) is 0 Å². The molecule has 0 saturated heterocycles. The first-order valence-electron chi connectivity index (χ1n) is 11.1. The second-order valence-electron chi connectivity index (χ2n) is 9.04. The Morgan fingerprint density at radius 3 is 2.41 bits per heavy atom. The van der Waals surface area contributed by atoms with Gasteiger partial charge in [-0.1, -0.05) is 38.5 Å². The van der Waals surface area contributed by atoms with Gasteiger partial charge in [-0.2, -0.15) is 0 Å². The van der Waals surface area contributed by atoms with E-state index < -0.39 is 23.4 Å². The van der Waals surface area contributed by atoms with Gasteiger partial charge in [0.05, 0.1) is 10.8 Å². The third-order valence-electron chi connectivity index (χ3n) is 5.26. The number of esters is 1. The summed E-state index contributed by atoms with van der Waals surface area (Å²) in [5.41, 5.74) is 1.72. The SMILES string of the molecule is CCC(C)C(NOC(=O)C(C)(C)C)C(=O)Oc1ccc2c(=O)c(Oc3ccccc3)coc2c1. The van der Waals surface area contributed by atoms with Crippen molar-refractivity contribution in [2.75, 3.05) is 0 Å². The van der Waals surface area contributed by atoms with Crippen LogP contribution < -0.4 is 20.4 Å². The van der Waals surface area contributed by atoms with Gasteiger partial charge in [-0.3, -0.25) is 4.79 Å². The minimum atomic E-state index is -0.874. The molecule has 0 spiro atoms. The van der Waals surface area contributed by atoms with Crippen LogP contribution in [0.5, 0.6) is 17.2 Å². The van der Waals surface area contributed by atoms with Crippen LogP contribution in [0.25, 0.3) is 11.0 Å². The Morgan fingerprint density at radius 1 is 1.06 bits per heavy atom. The molecule has 0 radical (unpaired) electrons. The highest BCUT2D eigenvalue weighted by molar-refractivity contribution is 5.83. The van der Waals surface area contributed by atoms with E-state index in [1.165, 1.54) is 24.5 Å². The molecule has 0 aliphatic carbocycles. The van der Waals surface area contributed by atoms with E-state index in [-0.39, 0.29) is 33.8 Å². The predicted molar refractivity (Wildman–Crippen MR) is 127 cm³/mol. The zero-order valence-electron chi connectivity index (χ0n) is 19.9. The highest BCUT2D eigenvalue weighted by Crippen LogP contribution is 2.25. The molecule has 2 unspecified atom stereocenters. The Morgan fingerprint density at radius 2 is 1.76 bits per heavy atom. The molecule has 1 aromatic heterocycles. The third kappa shape index (κ3) is 6.02. The Bertz CT molecular complexity index is 1210. The van der Waals surface area contributed by atoms with E-state index >= 15 is 0 Å². The highest BCUT2D eigenvalue weighted by atomic mass is 16.7. The van der Waals surface area contributed by atoms with Gasteiger partial charge in [0.1, 0.15) is 29.4 Å². The summed E-state index contributed by atoms with van der Waals surface area (Å²) in [7, 11) is 0. The summed E-state index contributed by atoms with van der Waals surface area (Å²) in [4.78, 5) is 42.9. The Kier molecular flexibility index (Phi) is 7.73. The van der Waals surface area contributed by atoms with Crippen molar-refractivity contribution in [3.63, 3.8) is 0 Å². The molecule has 0 bridgehead atoms. The minimum absolute atomic E-state index is 0.0464. The fraction of sp³-hybridized carbons (Fsp3) is 0.346. The number of ether oxygens (including phenoxy) is 2. The summed E-state index contributed by atoms with van der Waals surface area (Å²) in [5.74, 6) is -0.539. The topological polar surface area (TPSA) is 104 Å². The lowest BCUT2D eigenvalue weighted by molar-refractivity contribution is -0.166. The molecule has 2 aromatic carbocycles. The standard InChI is InChI=1S/C26H29NO7/c1-6-16(2)22(27-34-25(30)26(3,4)5)24(29)33-18-12-13-19-20(14-18)31-15-21(23(19)28)32-17-10-8-7-9-11-17/h7-16,22,27H,6H2,1-5H3. The van der Waals surface area contributed by atoms with Crippen LogP contribution in [0.2, 0.25) is 0 Å². The van der Waals surface area contributed by atoms with Gasteiger partial charge in [0.2, 0.25) is 11.2 Å². The van der Waals surface area contributed by atoms with Crippen molar-refractivity contribution in [2.45, 2.75) is 47.1 Å². The highest BCUT2D eigenvalue weighted by Gasteiger charge is 2.30. The largest absolute Gasteiger partial charge is 0.460 e. The molecule has 34 heavy (non-hydrogen) atoms. The van der Waals surface area contributed by atoms with E-state index in [0.717, 1.165) is 0 Å². The Labute approximate surface area is 197 Å². The fourth-order valence-corrected chi connectivity index (χ4v) is 2.92. The first-order chi connectivity index (χ1) is 16.1. The number of fused-ring (bicyclic) bond motifs is 1. The third-order valence-corrected chi connectivity index (χ3v) is 5.26. The average Bonchev–Trinajstić information content (AvgIpc) is 2.80. The molecule has 2 atom stereocenters. The summed E-state index contributed by atoms with van der Waals surface area (Å²) >= 11 is 0. The lowest BCUT2D eigenvalue weighted by Crippen LogP contribution is -2.46. The first kappa shape index (κ1) is 25.0. The number of hydrogen-bond acceptors (Lipinski definition) is 8. The number of rotatable bonds is 8. The molecule has 0 fully saturated rings. The van der Waals surface area contributed by atoms with E-state index in [0.29, 0.717) is 12.2 Å².